The zero-order valence-corrected chi connectivity index (χ0v) is 10.4. The maximum atomic E-state index is 10.6. The topological polar surface area (TPSA) is 77.3 Å². The molecule has 2 heterocycles. The number of anilines is 1. The number of pyridine rings is 1. The normalized spacial score (nSPS) is 10.1. The van der Waals surface area contributed by atoms with E-state index in [1.165, 1.54) is 0 Å². The van der Waals surface area contributed by atoms with E-state index in [4.69, 9.17) is 4.74 Å². The first-order valence-electron chi connectivity index (χ1n) is 5.15. The molecular formula is C11H11N3O3S. The summed E-state index contributed by atoms with van der Waals surface area (Å²) in [6, 6.07) is 5.19. The smallest absolute Gasteiger partial charge is 0.324 e. The first kappa shape index (κ1) is 12.3. The molecule has 0 aliphatic heterocycles. The van der Waals surface area contributed by atoms with Crippen LogP contribution in [0, 0.1) is 10.1 Å². The summed E-state index contributed by atoms with van der Waals surface area (Å²) >= 11 is 1.12. The number of hydrogen-bond acceptors (Lipinski definition) is 6. The Morgan fingerprint density at radius 3 is 3.11 bits per heavy atom. The standard InChI is InChI=1S/C11H11N3O3S/c1-17-11-9(3-2-4-12-11)13-6-8-5-10(14(15)16)18-7-8/h2-5,7,13H,6H2,1H3. The van der Waals surface area contributed by atoms with Gasteiger partial charge < -0.3 is 10.1 Å². The fraction of sp³-hybridized carbons (Fsp3) is 0.182. The van der Waals surface area contributed by atoms with Crippen molar-refractivity contribution in [3.63, 3.8) is 0 Å². The number of rotatable bonds is 5. The molecule has 7 heteroatoms. The van der Waals surface area contributed by atoms with Crippen LogP contribution in [0.4, 0.5) is 10.7 Å². The van der Waals surface area contributed by atoms with Crippen LogP contribution in [0.2, 0.25) is 0 Å². The molecule has 0 unspecified atom stereocenters. The maximum absolute atomic E-state index is 10.6. The van der Waals surface area contributed by atoms with Crippen LogP contribution in [-0.2, 0) is 6.54 Å². The summed E-state index contributed by atoms with van der Waals surface area (Å²) in [6.45, 7) is 0.492. The number of aromatic nitrogens is 1. The van der Waals surface area contributed by atoms with Gasteiger partial charge in [-0.25, -0.2) is 4.98 Å². The molecule has 0 bridgehead atoms. The zero-order chi connectivity index (χ0) is 13.0. The van der Waals surface area contributed by atoms with Crippen LogP contribution in [0.3, 0.4) is 0 Å². The molecule has 0 saturated heterocycles. The summed E-state index contributed by atoms with van der Waals surface area (Å²) in [5, 5.41) is 15.6. The highest BCUT2D eigenvalue weighted by Crippen LogP contribution is 2.25. The number of nitro groups is 1. The molecule has 18 heavy (non-hydrogen) atoms. The highest BCUT2D eigenvalue weighted by molar-refractivity contribution is 7.13. The molecule has 0 atom stereocenters. The minimum absolute atomic E-state index is 0.143. The fourth-order valence-corrected chi connectivity index (χ4v) is 2.17. The summed E-state index contributed by atoms with van der Waals surface area (Å²) in [6.07, 6.45) is 1.64. The third-order valence-corrected chi connectivity index (χ3v) is 3.20. The van der Waals surface area contributed by atoms with Crippen LogP contribution in [0.15, 0.2) is 29.8 Å². The van der Waals surface area contributed by atoms with E-state index in [1.807, 2.05) is 6.07 Å². The van der Waals surface area contributed by atoms with Gasteiger partial charge in [0.15, 0.2) is 0 Å². The lowest BCUT2D eigenvalue weighted by Crippen LogP contribution is -2.01. The maximum Gasteiger partial charge on any atom is 0.324 e. The van der Waals surface area contributed by atoms with Crippen molar-refractivity contribution in [1.29, 1.82) is 0 Å². The van der Waals surface area contributed by atoms with Gasteiger partial charge in [0.25, 0.3) is 0 Å². The van der Waals surface area contributed by atoms with E-state index in [0.717, 1.165) is 22.6 Å². The van der Waals surface area contributed by atoms with Crippen LogP contribution in [-0.4, -0.2) is 17.0 Å². The molecule has 0 spiro atoms. The summed E-state index contributed by atoms with van der Waals surface area (Å²) < 4.78 is 5.10. The number of methoxy groups -OCH3 is 1. The first-order chi connectivity index (χ1) is 8.70. The Morgan fingerprint density at radius 1 is 1.61 bits per heavy atom. The van der Waals surface area contributed by atoms with Gasteiger partial charge >= 0.3 is 5.00 Å². The van der Waals surface area contributed by atoms with Crippen LogP contribution < -0.4 is 10.1 Å². The molecule has 0 aromatic carbocycles. The minimum atomic E-state index is -0.390. The molecule has 2 aromatic rings. The summed E-state index contributed by atoms with van der Waals surface area (Å²) in [5.41, 5.74) is 1.62. The van der Waals surface area contributed by atoms with E-state index in [1.54, 1.807) is 30.8 Å². The molecule has 2 aromatic heterocycles. The quantitative estimate of drug-likeness (QED) is 0.664. The predicted octanol–water partition coefficient (Wildman–Crippen LogP) is 2.67. The molecule has 94 valence electrons. The fourth-order valence-electron chi connectivity index (χ4n) is 1.44. The summed E-state index contributed by atoms with van der Waals surface area (Å²) in [4.78, 5) is 14.2. The van der Waals surface area contributed by atoms with E-state index in [2.05, 4.69) is 10.3 Å². The number of hydrogen-bond donors (Lipinski definition) is 1. The summed E-state index contributed by atoms with van der Waals surface area (Å²) in [5.74, 6) is 0.502. The number of nitrogens with zero attached hydrogens (tertiary/aromatic N) is 2. The Kier molecular flexibility index (Phi) is 3.73. The van der Waals surface area contributed by atoms with Crippen molar-refractivity contribution in [2.75, 3.05) is 12.4 Å². The number of nitrogens with one attached hydrogen (secondary N) is 1. The third kappa shape index (κ3) is 2.75. The number of ether oxygens (including phenoxy) is 1. The average Bonchev–Trinajstić information content (AvgIpc) is 2.85. The second kappa shape index (κ2) is 5.46. The lowest BCUT2D eigenvalue weighted by Gasteiger charge is -2.08. The molecule has 0 fully saturated rings. The molecule has 0 saturated carbocycles. The van der Waals surface area contributed by atoms with E-state index < -0.39 is 4.92 Å². The van der Waals surface area contributed by atoms with Gasteiger partial charge in [-0.3, -0.25) is 10.1 Å². The molecule has 0 aliphatic rings. The van der Waals surface area contributed by atoms with Crippen LogP contribution >= 0.6 is 11.3 Å². The average molecular weight is 265 g/mol. The third-order valence-electron chi connectivity index (χ3n) is 2.27. The molecular weight excluding hydrogens is 254 g/mol. The highest BCUT2D eigenvalue weighted by atomic mass is 32.1. The van der Waals surface area contributed by atoms with Gasteiger partial charge in [-0.1, -0.05) is 11.3 Å². The van der Waals surface area contributed by atoms with Crippen LogP contribution in [0.25, 0.3) is 0 Å². The minimum Gasteiger partial charge on any atom is -0.480 e. The van der Waals surface area contributed by atoms with Gasteiger partial charge in [-0.2, -0.15) is 0 Å². The van der Waals surface area contributed by atoms with Crippen molar-refractivity contribution in [3.8, 4) is 5.88 Å². The van der Waals surface area contributed by atoms with Gasteiger partial charge in [-0.15, -0.1) is 0 Å². The van der Waals surface area contributed by atoms with Gasteiger partial charge in [0.05, 0.1) is 17.7 Å². The van der Waals surface area contributed by atoms with Crippen LogP contribution in [0.1, 0.15) is 5.56 Å². The van der Waals surface area contributed by atoms with E-state index in [9.17, 15) is 10.1 Å². The van der Waals surface area contributed by atoms with Gasteiger partial charge in [0, 0.05) is 24.2 Å². The Bertz CT molecular complexity index is 556. The molecule has 2 rings (SSSR count). The largest absolute Gasteiger partial charge is 0.480 e. The van der Waals surface area contributed by atoms with E-state index in [-0.39, 0.29) is 5.00 Å². The molecule has 0 amide bonds. The highest BCUT2D eigenvalue weighted by Gasteiger charge is 2.10. The van der Waals surface area contributed by atoms with Crippen molar-refractivity contribution >= 4 is 22.0 Å². The van der Waals surface area contributed by atoms with E-state index in [0.29, 0.717) is 12.4 Å². The Morgan fingerprint density at radius 2 is 2.44 bits per heavy atom. The van der Waals surface area contributed by atoms with Crippen molar-refractivity contribution in [2.24, 2.45) is 0 Å². The van der Waals surface area contributed by atoms with Crippen molar-refractivity contribution in [2.45, 2.75) is 6.54 Å². The van der Waals surface area contributed by atoms with Crippen LogP contribution in [0.5, 0.6) is 5.88 Å². The van der Waals surface area contributed by atoms with Crippen molar-refractivity contribution in [3.05, 3.63) is 45.5 Å². The Labute approximate surface area is 107 Å². The lowest BCUT2D eigenvalue weighted by molar-refractivity contribution is -0.380. The van der Waals surface area contributed by atoms with Gasteiger partial charge in [0.2, 0.25) is 5.88 Å². The Hall–Kier alpha value is -2.15. The van der Waals surface area contributed by atoms with Crippen molar-refractivity contribution in [1.82, 2.24) is 4.98 Å². The monoisotopic (exact) mass is 265 g/mol. The molecule has 1 N–H and O–H groups in total. The van der Waals surface area contributed by atoms with E-state index >= 15 is 0 Å². The number of thiophene rings is 1. The summed E-state index contributed by atoms with van der Waals surface area (Å²) in [7, 11) is 1.54. The molecule has 0 aliphatic carbocycles. The first-order valence-corrected chi connectivity index (χ1v) is 6.03. The predicted molar refractivity (Wildman–Crippen MR) is 69.1 cm³/mol. The Balaban J connectivity index is 2.04. The van der Waals surface area contributed by atoms with Gasteiger partial charge in [-0.05, 0) is 17.7 Å². The zero-order valence-electron chi connectivity index (χ0n) is 9.62. The molecule has 0 radical (unpaired) electrons. The SMILES string of the molecule is COc1ncccc1NCc1csc([N+](=O)[O-])c1. The lowest BCUT2D eigenvalue weighted by atomic mass is 10.3. The second-order valence-corrected chi connectivity index (χ2v) is 4.35. The van der Waals surface area contributed by atoms with Crippen molar-refractivity contribution < 1.29 is 9.66 Å². The van der Waals surface area contributed by atoms with Gasteiger partial charge in [0.1, 0.15) is 0 Å². The molecule has 6 nitrogen and oxygen atoms in total. The second-order valence-electron chi connectivity index (χ2n) is 3.46.